The third kappa shape index (κ3) is 5.35. The Hall–Kier alpha value is -2.89. The van der Waals surface area contributed by atoms with Crippen molar-refractivity contribution in [3.63, 3.8) is 0 Å². The first-order valence-electron chi connectivity index (χ1n) is 15.5. The van der Waals surface area contributed by atoms with Gasteiger partial charge in [-0.1, -0.05) is 0 Å². The molecule has 0 aromatic heterocycles. The number of allylic oxidation sites excluding steroid dienone is 4. The molecule has 1 heteroatoms. The van der Waals surface area contributed by atoms with Crippen LogP contribution in [0.4, 0.5) is 0 Å². The van der Waals surface area contributed by atoms with Crippen LogP contribution in [-0.2, 0) is 38.5 Å². The van der Waals surface area contributed by atoms with Gasteiger partial charge in [-0.3, -0.25) is 0 Å². The molecule has 0 radical (unpaired) electrons. The van der Waals surface area contributed by atoms with Crippen molar-refractivity contribution in [2.75, 3.05) is 0 Å². The van der Waals surface area contributed by atoms with Crippen molar-refractivity contribution < 1.29 is 21.3 Å². The van der Waals surface area contributed by atoms with Crippen LogP contribution in [0, 0.1) is 5.92 Å². The molecule has 2 aliphatic carbocycles. The van der Waals surface area contributed by atoms with E-state index < -0.39 is 21.3 Å². The Kier molecular flexibility index (Phi) is 7.64. The van der Waals surface area contributed by atoms with Gasteiger partial charge in [0, 0.05) is 0 Å². The minimum absolute atomic E-state index is 0.0465. The Morgan fingerprint density at radius 1 is 0.714 bits per heavy atom. The maximum absolute atomic E-state index is 2.81. The van der Waals surface area contributed by atoms with Crippen molar-refractivity contribution >= 4 is 6.48 Å². The number of hydrogen-bond donors (Lipinski definition) is 0. The predicted octanol–water partition coefficient (Wildman–Crippen LogP) is 9.85. The quantitative estimate of drug-likeness (QED) is 0.186. The summed E-state index contributed by atoms with van der Waals surface area (Å²) in [6.07, 6.45) is 6.09. The molecular formula is C41H44Zr. The van der Waals surface area contributed by atoms with E-state index in [2.05, 4.69) is 159 Å². The summed E-state index contributed by atoms with van der Waals surface area (Å²) in [5.41, 5.74) is 13.3. The van der Waals surface area contributed by atoms with E-state index in [0.717, 1.165) is 6.42 Å². The second kappa shape index (κ2) is 11.0. The van der Waals surface area contributed by atoms with E-state index >= 15 is 0 Å². The van der Waals surface area contributed by atoms with E-state index in [1.165, 1.54) is 39.0 Å². The summed E-state index contributed by atoms with van der Waals surface area (Å²) < 4.78 is 5.01. The van der Waals surface area contributed by atoms with E-state index in [9.17, 15) is 0 Å². The molecule has 0 heterocycles. The van der Waals surface area contributed by atoms with Crippen LogP contribution in [0.25, 0.3) is 11.1 Å². The standard InChI is InChI=1S/C21H25.C13H10.C7H9.Zr/c1-20(2,3)16-7-9-18-14(12-16)11-15-13-17(21(4,5)6)8-10-19(15)18;1-3-7-12(8-4-1)11-13-9-5-2-6-10-13;1-6-3-4-7(2)5-6;/h7-10,12H,11H2,1-6H3;1-10H;3,5,7H,1-2H3;. The molecule has 2 aliphatic rings. The zero-order chi connectivity index (χ0) is 29.8. The van der Waals surface area contributed by atoms with Gasteiger partial charge in [-0.15, -0.1) is 0 Å². The molecule has 42 heavy (non-hydrogen) atoms. The zero-order valence-electron chi connectivity index (χ0n) is 26.6. The van der Waals surface area contributed by atoms with Gasteiger partial charge in [-0.2, -0.15) is 0 Å². The van der Waals surface area contributed by atoms with Gasteiger partial charge in [0.1, 0.15) is 0 Å². The van der Waals surface area contributed by atoms with Crippen molar-refractivity contribution in [2.24, 2.45) is 5.92 Å². The van der Waals surface area contributed by atoms with Crippen LogP contribution in [0.1, 0.15) is 88.8 Å². The van der Waals surface area contributed by atoms with Crippen LogP contribution >= 0.6 is 0 Å². The maximum atomic E-state index is 2.57. The number of hydrogen-bond acceptors (Lipinski definition) is 0. The van der Waals surface area contributed by atoms with Crippen LogP contribution in [0.2, 0.25) is 0 Å². The molecule has 0 fully saturated rings. The van der Waals surface area contributed by atoms with Gasteiger partial charge in [0.2, 0.25) is 0 Å². The molecular weight excluding hydrogens is 584 g/mol. The SMILES string of the molecule is CC1=CC(C)[C]([Zr](=[C](c2ccccc2)c2ccccc2)[c]2c(C(C)(C)C)ccc3c2Cc2cc(C(C)(C)C)ccc2-3)=C1. The van der Waals surface area contributed by atoms with Crippen molar-refractivity contribution in [3.8, 4) is 11.1 Å². The number of benzene rings is 4. The molecule has 0 saturated carbocycles. The van der Waals surface area contributed by atoms with E-state index in [4.69, 9.17) is 0 Å². The molecule has 0 N–H and O–H groups in total. The molecule has 4 aromatic carbocycles. The van der Waals surface area contributed by atoms with E-state index in [0.29, 0.717) is 5.92 Å². The Bertz CT molecular complexity index is 1710. The molecule has 1 unspecified atom stereocenters. The van der Waals surface area contributed by atoms with E-state index in [1.807, 2.05) is 0 Å². The Morgan fingerprint density at radius 3 is 1.83 bits per heavy atom. The third-order valence-electron chi connectivity index (χ3n) is 9.05. The molecule has 0 nitrogen and oxygen atoms in total. The molecule has 0 amide bonds. The van der Waals surface area contributed by atoms with Crippen molar-refractivity contribution in [2.45, 2.75) is 72.6 Å². The van der Waals surface area contributed by atoms with Gasteiger partial charge >= 0.3 is 263 Å². The second-order valence-corrected chi connectivity index (χ2v) is 20.1. The van der Waals surface area contributed by atoms with Crippen LogP contribution in [0.15, 0.2) is 112 Å². The molecule has 0 saturated heterocycles. The second-order valence-electron chi connectivity index (χ2n) is 14.3. The topological polar surface area (TPSA) is 0 Å². The summed E-state index contributed by atoms with van der Waals surface area (Å²) in [5, 5.41) is 0. The van der Waals surface area contributed by atoms with Crippen LogP contribution in [0.3, 0.4) is 0 Å². The van der Waals surface area contributed by atoms with Gasteiger partial charge < -0.3 is 0 Å². The fourth-order valence-electron chi connectivity index (χ4n) is 6.94. The average molecular weight is 628 g/mol. The molecule has 6 rings (SSSR count). The van der Waals surface area contributed by atoms with Crippen molar-refractivity contribution in [1.82, 2.24) is 0 Å². The summed E-state index contributed by atoms with van der Waals surface area (Å²) in [6, 6.07) is 34.8. The molecule has 0 spiro atoms. The van der Waals surface area contributed by atoms with Gasteiger partial charge in [0.15, 0.2) is 0 Å². The zero-order valence-corrected chi connectivity index (χ0v) is 29.1. The van der Waals surface area contributed by atoms with Crippen molar-refractivity contribution in [1.29, 1.82) is 0 Å². The van der Waals surface area contributed by atoms with E-state index in [-0.39, 0.29) is 10.8 Å². The molecule has 1 atom stereocenters. The van der Waals surface area contributed by atoms with Crippen LogP contribution in [0.5, 0.6) is 0 Å². The summed E-state index contributed by atoms with van der Waals surface area (Å²) in [7, 11) is 0. The first-order chi connectivity index (χ1) is 19.9. The summed E-state index contributed by atoms with van der Waals surface area (Å²) >= 11 is -2.81. The normalized spacial score (nSPS) is 16.0. The summed E-state index contributed by atoms with van der Waals surface area (Å²) in [4.78, 5) is 0. The van der Waals surface area contributed by atoms with Gasteiger partial charge in [-0.25, -0.2) is 0 Å². The monoisotopic (exact) mass is 626 g/mol. The van der Waals surface area contributed by atoms with E-state index in [1.54, 1.807) is 20.9 Å². The Labute approximate surface area is 261 Å². The summed E-state index contributed by atoms with van der Waals surface area (Å²) in [6.45, 7) is 19.0. The van der Waals surface area contributed by atoms with Crippen LogP contribution < -0.4 is 3.27 Å². The summed E-state index contributed by atoms with van der Waals surface area (Å²) in [5.74, 6) is 0.460. The first-order valence-corrected chi connectivity index (χ1v) is 19.2. The first kappa shape index (κ1) is 29.2. The van der Waals surface area contributed by atoms with Gasteiger partial charge in [0.25, 0.3) is 0 Å². The Balaban J connectivity index is 1.75. The average Bonchev–Trinajstić information content (AvgIpc) is 3.49. The molecule has 212 valence electrons. The predicted molar refractivity (Wildman–Crippen MR) is 179 cm³/mol. The van der Waals surface area contributed by atoms with Crippen LogP contribution in [-0.4, -0.2) is 3.21 Å². The number of fused-ring (bicyclic) bond motifs is 3. The third-order valence-corrected chi connectivity index (χ3v) is 17.2. The fourth-order valence-corrected chi connectivity index (χ4v) is 16.5. The molecule has 0 bridgehead atoms. The van der Waals surface area contributed by atoms with Crippen molar-refractivity contribution in [3.05, 3.63) is 145 Å². The van der Waals surface area contributed by atoms with Gasteiger partial charge in [-0.05, 0) is 0 Å². The van der Waals surface area contributed by atoms with Gasteiger partial charge in [0.05, 0.1) is 0 Å². The molecule has 4 aromatic rings. The Morgan fingerprint density at radius 2 is 1.31 bits per heavy atom. The molecule has 0 aliphatic heterocycles. The minimum atomic E-state index is -2.81. The number of rotatable bonds is 4. The fraction of sp³-hybridized carbons (Fsp3) is 0.293.